The molecule has 0 saturated carbocycles. The lowest BCUT2D eigenvalue weighted by Gasteiger charge is -2.25. The highest BCUT2D eigenvalue weighted by Gasteiger charge is 2.25. The van der Waals surface area contributed by atoms with Crippen LogP contribution in [0.1, 0.15) is 24.5 Å². The molecule has 1 amide bonds. The van der Waals surface area contributed by atoms with Gasteiger partial charge >= 0.3 is 0 Å². The summed E-state index contributed by atoms with van der Waals surface area (Å²) in [6, 6.07) is 8.60. The van der Waals surface area contributed by atoms with E-state index in [9.17, 15) is 4.79 Å². The number of benzene rings is 1. The number of nitrogens with zero attached hydrogens (tertiary/aromatic N) is 2. The molecule has 1 N–H and O–H groups in total. The Bertz CT molecular complexity index is 592. The molecule has 0 saturated heterocycles. The third-order valence-corrected chi connectivity index (χ3v) is 4.52. The van der Waals surface area contributed by atoms with E-state index in [0.29, 0.717) is 6.54 Å². The van der Waals surface area contributed by atoms with Gasteiger partial charge in [0.05, 0.1) is 5.70 Å². The highest BCUT2D eigenvalue weighted by Crippen LogP contribution is 2.34. The Hall–Kier alpha value is -1.75. The van der Waals surface area contributed by atoms with Crippen LogP contribution in [-0.2, 0) is 11.2 Å². The first-order chi connectivity index (χ1) is 10.2. The summed E-state index contributed by atoms with van der Waals surface area (Å²) in [5.74, 6) is 0.0247. The van der Waals surface area contributed by atoms with Gasteiger partial charge in [-0.3, -0.25) is 9.79 Å². The Morgan fingerprint density at radius 2 is 2.19 bits per heavy atom. The van der Waals surface area contributed by atoms with Crippen LogP contribution < -0.4 is 5.32 Å². The normalized spacial score (nSPS) is 17.1. The van der Waals surface area contributed by atoms with Crippen molar-refractivity contribution in [3.63, 3.8) is 0 Å². The lowest BCUT2D eigenvalue weighted by molar-refractivity contribution is -0.118. The van der Waals surface area contributed by atoms with Crippen LogP contribution >= 0.6 is 11.8 Å². The van der Waals surface area contributed by atoms with Crippen LogP contribution in [-0.4, -0.2) is 35.6 Å². The smallest absolute Gasteiger partial charge is 0.216 e. The molecule has 0 bridgehead atoms. The van der Waals surface area contributed by atoms with Crippen LogP contribution in [0.2, 0.25) is 0 Å². The molecule has 110 valence electrons. The van der Waals surface area contributed by atoms with Gasteiger partial charge in [-0.2, -0.15) is 0 Å². The van der Waals surface area contributed by atoms with Crippen molar-refractivity contribution in [2.75, 3.05) is 19.6 Å². The second-order valence-electron chi connectivity index (χ2n) is 5.22. The molecule has 2 aliphatic heterocycles. The molecule has 0 atom stereocenters. The lowest BCUT2D eigenvalue weighted by Crippen LogP contribution is -2.28. The van der Waals surface area contributed by atoms with E-state index in [1.165, 1.54) is 16.8 Å². The van der Waals surface area contributed by atoms with Crippen molar-refractivity contribution in [3.8, 4) is 0 Å². The van der Waals surface area contributed by atoms with Crippen LogP contribution in [0.25, 0.3) is 5.70 Å². The summed E-state index contributed by atoms with van der Waals surface area (Å²) in [6.07, 6.45) is 1.99. The fourth-order valence-corrected chi connectivity index (χ4v) is 3.49. The van der Waals surface area contributed by atoms with Gasteiger partial charge in [0, 0.05) is 32.0 Å². The molecular formula is C16H19N3OS. The largest absolute Gasteiger partial charge is 0.356 e. The van der Waals surface area contributed by atoms with Crippen LogP contribution in [0.5, 0.6) is 0 Å². The maximum atomic E-state index is 10.9. The number of carbonyl (C=O) groups excluding carboxylic acids is 1. The zero-order chi connectivity index (χ0) is 14.7. The maximum absolute atomic E-state index is 10.9. The van der Waals surface area contributed by atoms with E-state index in [1.54, 1.807) is 18.7 Å². The van der Waals surface area contributed by atoms with E-state index < -0.39 is 0 Å². The number of rotatable bonds is 4. The minimum absolute atomic E-state index is 0.0247. The van der Waals surface area contributed by atoms with Crippen LogP contribution in [0.15, 0.2) is 34.7 Å². The van der Waals surface area contributed by atoms with Gasteiger partial charge in [-0.25, -0.2) is 0 Å². The van der Waals surface area contributed by atoms with Gasteiger partial charge in [0.2, 0.25) is 5.91 Å². The number of amides is 1. The van der Waals surface area contributed by atoms with Gasteiger partial charge < -0.3 is 10.2 Å². The van der Waals surface area contributed by atoms with Crippen molar-refractivity contribution in [1.29, 1.82) is 0 Å². The molecule has 5 heteroatoms. The molecule has 1 aromatic carbocycles. The van der Waals surface area contributed by atoms with Gasteiger partial charge in [0.15, 0.2) is 5.17 Å². The summed E-state index contributed by atoms with van der Waals surface area (Å²) in [5.41, 5.74) is 3.73. The van der Waals surface area contributed by atoms with Crippen molar-refractivity contribution in [3.05, 3.63) is 40.8 Å². The van der Waals surface area contributed by atoms with Crippen molar-refractivity contribution in [1.82, 2.24) is 10.2 Å². The molecular weight excluding hydrogens is 282 g/mol. The van der Waals surface area contributed by atoms with Crippen molar-refractivity contribution in [2.24, 2.45) is 4.99 Å². The molecule has 0 radical (unpaired) electrons. The molecule has 4 nitrogen and oxygen atoms in total. The molecule has 0 aromatic heterocycles. The monoisotopic (exact) mass is 301 g/mol. The highest BCUT2D eigenvalue weighted by molar-refractivity contribution is 8.16. The fraction of sp³-hybridized carbons (Fsp3) is 0.375. The van der Waals surface area contributed by atoms with E-state index in [2.05, 4.69) is 44.9 Å². The highest BCUT2D eigenvalue weighted by atomic mass is 32.2. The minimum atomic E-state index is 0.0247. The number of aliphatic imine (C=N–C) groups is 1. The minimum Gasteiger partial charge on any atom is -0.356 e. The molecule has 0 spiro atoms. The molecule has 2 heterocycles. The summed E-state index contributed by atoms with van der Waals surface area (Å²) in [4.78, 5) is 17.7. The molecule has 2 aliphatic rings. The van der Waals surface area contributed by atoms with Crippen LogP contribution in [0.4, 0.5) is 0 Å². The van der Waals surface area contributed by atoms with Crippen LogP contribution in [0.3, 0.4) is 0 Å². The van der Waals surface area contributed by atoms with Gasteiger partial charge in [0.1, 0.15) is 0 Å². The standard InChI is InChI=1S/C16H19N3OS/c1-12(20)17-9-7-13-3-5-14(6-4-13)15-11-21-16-18-8-2-10-19(15)16/h3-6,11H,2,7-10H2,1H3,(H,17,20). The van der Waals surface area contributed by atoms with E-state index in [1.807, 2.05) is 0 Å². The molecule has 3 rings (SSSR count). The zero-order valence-corrected chi connectivity index (χ0v) is 12.9. The number of hydrogen-bond donors (Lipinski definition) is 1. The molecule has 0 unspecified atom stereocenters. The summed E-state index contributed by atoms with van der Waals surface area (Å²) < 4.78 is 0. The summed E-state index contributed by atoms with van der Waals surface area (Å²) in [7, 11) is 0. The number of thioether (sulfide) groups is 1. The second-order valence-corrected chi connectivity index (χ2v) is 6.06. The Labute approximate surface area is 129 Å². The van der Waals surface area contributed by atoms with Gasteiger partial charge in [-0.1, -0.05) is 36.0 Å². The van der Waals surface area contributed by atoms with Crippen molar-refractivity contribution in [2.45, 2.75) is 19.8 Å². The summed E-state index contributed by atoms with van der Waals surface area (Å²) >= 11 is 1.72. The fourth-order valence-electron chi connectivity index (χ4n) is 2.53. The predicted octanol–water partition coefficient (Wildman–Crippen LogP) is 2.47. The predicted molar refractivity (Wildman–Crippen MR) is 88.0 cm³/mol. The van der Waals surface area contributed by atoms with Crippen molar-refractivity contribution < 1.29 is 4.79 Å². The molecule has 1 aromatic rings. The number of carbonyl (C=O) groups is 1. The first-order valence-electron chi connectivity index (χ1n) is 7.26. The number of nitrogens with one attached hydrogen (secondary N) is 1. The number of amidine groups is 1. The Kier molecular flexibility index (Phi) is 4.29. The topological polar surface area (TPSA) is 44.7 Å². The van der Waals surface area contributed by atoms with Crippen LogP contribution in [0, 0.1) is 0 Å². The quantitative estimate of drug-likeness (QED) is 0.929. The van der Waals surface area contributed by atoms with Gasteiger partial charge in [0.25, 0.3) is 0 Å². The third kappa shape index (κ3) is 3.29. The number of fused-ring (bicyclic) bond motifs is 1. The maximum Gasteiger partial charge on any atom is 0.216 e. The van der Waals surface area contributed by atoms with Crippen molar-refractivity contribution >= 4 is 28.5 Å². The van der Waals surface area contributed by atoms with E-state index in [0.717, 1.165) is 31.1 Å². The SMILES string of the molecule is CC(=O)NCCc1ccc(C2=CSC3=NCCCN23)cc1. The Morgan fingerprint density at radius 3 is 2.95 bits per heavy atom. The van der Waals surface area contributed by atoms with E-state index in [4.69, 9.17) is 0 Å². The Balaban J connectivity index is 1.66. The second kappa shape index (κ2) is 6.35. The molecule has 0 aliphatic carbocycles. The van der Waals surface area contributed by atoms with Gasteiger partial charge in [-0.15, -0.1) is 0 Å². The Morgan fingerprint density at radius 1 is 1.38 bits per heavy atom. The lowest BCUT2D eigenvalue weighted by atomic mass is 10.1. The molecule has 21 heavy (non-hydrogen) atoms. The number of hydrogen-bond acceptors (Lipinski definition) is 4. The average molecular weight is 301 g/mol. The molecule has 0 fully saturated rings. The third-order valence-electron chi connectivity index (χ3n) is 3.62. The summed E-state index contributed by atoms with van der Waals surface area (Å²) in [5, 5.41) is 6.14. The first kappa shape index (κ1) is 14.2. The van der Waals surface area contributed by atoms with E-state index >= 15 is 0 Å². The van der Waals surface area contributed by atoms with E-state index in [-0.39, 0.29) is 5.91 Å². The summed E-state index contributed by atoms with van der Waals surface area (Å²) in [6.45, 7) is 4.24. The average Bonchev–Trinajstić information content (AvgIpc) is 2.92. The zero-order valence-electron chi connectivity index (χ0n) is 12.1. The first-order valence-corrected chi connectivity index (χ1v) is 8.14. The van der Waals surface area contributed by atoms with Gasteiger partial charge in [-0.05, 0) is 24.0 Å².